The van der Waals surface area contributed by atoms with E-state index in [2.05, 4.69) is 19.1 Å². The van der Waals surface area contributed by atoms with Gasteiger partial charge >= 0.3 is 0 Å². The van der Waals surface area contributed by atoms with Crippen LogP contribution < -0.4 is 0 Å². The molecular formula is C26H22O3. The van der Waals surface area contributed by atoms with Gasteiger partial charge in [0, 0.05) is 28.7 Å². The first-order valence-electron chi connectivity index (χ1n) is 10.1. The molecule has 0 unspecified atom stereocenters. The summed E-state index contributed by atoms with van der Waals surface area (Å²) in [4.78, 5) is 26.4. The van der Waals surface area contributed by atoms with Crippen molar-refractivity contribution in [3.63, 3.8) is 0 Å². The number of hydrogen-bond donors (Lipinski definition) is 0. The smallest absolute Gasteiger partial charge is 0.194 e. The number of hydrogen-bond acceptors (Lipinski definition) is 3. The Morgan fingerprint density at radius 3 is 2.28 bits per heavy atom. The van der Waals surface area contributed by atoms with Crippen molar-refractivity contribution in [2.75, 3.05) is 0 Å². The first-order chi connectivity index (χ1) is 14.1. The lowest BCUT2D eigenvalue weighted by atomic mass is 9.73. The van der Waals surface area contributed by atoms with Crippen LogP contribution in [0.3, 0.4) is 0 Å². The lowest BCUT2D eigenvalue weighted by molar-refractivity contribution is -0.0521. The maximum absolute atomic E-state index is 13.3. The summed E-state index contributed by atoms with van der Waals surface area (Å²) in [5.74, 6) is -0.102. The van der Waals surface area contributed by atoms with Crippen molar-refractivity contribution >= 4 is 11.6 Å². The van der Waals surface area contributed by atoms with E-state index < -0.39 is 0 Å². The Morgan fingerprint density at radius 2 is 1.52 bits per heavy atom. The highest BCUT2D eigenvalue weighted by atomic mass is 16.5. The summed E-state index contributed by atoms with van der Waals surface area (Å²) in [6.07, 6.45) is 2.38. The number of fused-ring (bicyclic) bond motifs is 4. The van der Waals surface area contributed by atoms with Gasteiger partial charge < -0.3 is 4.74 Å². The quantitative estimate of drug-likeness (QED) is 0.505. The van der Waals surface area contributed by atoms with Crippen LogP contribution in [0.4, 0.5) is 0 Å². The highest BCUT2D eigenvalue weighted by molar-refractivity contribution is 6.29. The fourth-order valence-electron chi connectivity index (χ4n) is 4.55. The van der Waals surface area contributed by atoms with Crippen molar-refractivity contribution in [2.45, 2.75) is 38.4 Å². The van der Waals surface area contributed by atoms with Gasteiger partial charge in [-0.05, 0) is 42.5 Å². The SMILES string of the molecule is C[C@@]1(OCc2ccccc2)CCc2ccc3c(c2C1)C(=O)c1ccccc1C3=O. The monoisotopic (exact) mass is 382 g/mol. The molecule has 2 aliphatic carbocycles. The molecule has 1 atom stereocenters. The fraction of sp³-hybridized carbons (Fsp3) is 0.231. The van der Waals surface area contributed by atoms with Crippen LogP contribution in [-0.2, 0) is 24.2 Å². The fourth-order valence-corrected chi connectivity index (χ4v) is 4.55. The molecule has 29 heavy (non-hydrogen) atoms. The summed E-state index contributed by atoms with van der Waals surface area (Å²) >= 11 is 0. The predicted molar refractivity (Wildman–Crippen MR) is 111 cm³/mol. The minimum atomic E-state index is -0.363. The zero-order valence-electron chi connectivity index (χ0n) is 16.4. The highest BCUT2D eigenvalue weighted by Crippen LogP contribution is 2.38. The number of carbonyl (C=O) groups is 2. The Balaban J connectivity index is 1.51. The molecule has 3 heteroatoms. The number of ketones is 2. The Hall–Kier alpha value is -3.04. The maximum atomic E-state index is 13.3. The summed E-state index contributed by atoms with van der Waals surface area (Å²) < 4.78 is 6.34. The first kappa shape index (κ1) is 18.0. The third-order valence-corrected chi connectivity index (χ3v) is 6.20. The van der Waals surface area contributed by atoms with Crippen LogP contribution in [0.2, 0.25) is 0 Å². The van der Waals surface area contributed by atoms with Gasteiger partial charge in [-0.1, -0.05) is 60.7 Å². The molecule has 0 bridgehead atoms. The van der Waals surface area contributed by atoms with Crippen molar-refractivity contribution < 1.29 is 14.3 Å². The van der Waals surface area contributed by atoms with Crippen LogP contribution in [0.25, 0.3) is 0 Å². The van der Waals surface area contributed by atoms with E-state index in [0.29, 0.717) is 35.3 Å². The molecular weight excluding hydrogens is 360 g/mol. The molecule has 2 aliphatic rings. The zero-order chi connectivity index (χ0) is 20.0. The molecule has 0 aromatic heterocycles. The topological polar surface area (TPSA) is 43.4 Å². The molecule has 5 rings (SSSR count). The molecule has 3 nitrogen and oxygen atoms in total. The van der Waals surface area contributed by atoms with Crippen LogP contribution in [0.5, 0.6) is 0 Å². The number of rotatable bonds is 3. The Morgan fingerprint density at radius 1 is 0.828 bits per heavy atom. The van der Waals surface area contributed by atoms with Crippen LogP contribution in [0.1, 0.15) is 61.9 Å². The van der Waals surface area contributed by atoms with Crippen LogP contribution in [0, 0.1) is 0 Å². The number of carbonyl (C=O) groups excluding carboxylic acids is 2. The highest BCUT2D eigenvalue weighted by Gasteiger charge is 2.38. The molecule has 0 radical (unpaired) electrons. The van der Waals surface area contributed by atoms with Gasteiger partial charge in [0.1, 0.15) is 0 Å². The molecule has 0 spiro atoms. The lowest BCUT2D eigenvalue weighted by Crippen LogP contribution is -2.37. The molecule has 0 aliphatic heterocycles. The van der Waals surface area contributed by atoms with Gasteiger partial charge in [0.25, 0.3) is 0 Å². The Kier molecular flexibility index (Phi) is 4.21. The largest absolute Gasteiger partial charge is 0.370 e. The summed E-state index contributed by atoms with van der Waals surface area (Å²) in [6.45, 7) is 2.65. The van der Waals surface area contributed by atoms with Crippen LogP contribution in [0.15, 0.2) is 66.7 Å². The Bertz CT molecular complexity index is 1130. The van der Waals surface area contributed by atoms with E-state index in [9.17, 15) is 9.59 Å². The van der Waals surface area contributed by atoms with Crippen molar-refractivity contribution in [1.29, 1.82) is 0 Å². The minimum Gasteiger partial charge on any atom is -0.370 e. The van der Waals surface area contributed by atoms with Gasteiger partial charge in [0.2, 0.25) is 0 Å². The van der Waals surface area contributed by atoms with Crippen molar-refractivity contribution in [3.05, 3.63) is 106 Å². The molecule has 0 N–H and O–H groups in total. The second kappa shape index (κ2) is 6.78. The summed E-state index contributed by atoms with van der Waals surface area (Å²) in [5, 5.41) is 0. The van der Waals surface area contributed by atoms with E-state index in [1.807, 2.05) is 42.5 Å². The van der Waals surface area contributed by atoms with Crippen LogP contribution >= 0.6 is 0 Å². The van der Waals surface area contributed by atoms with Gasteiger partial charge in [-0.2, -0.15) is 0 Å². The number of aryl methyl sites for hydroxylation is 1. The number of ether oxygens (including phenoxy) is 1. The van der Waals surface area contributed by atoms with Gasteiger partial charge in [0.15, 0.2) is 11.6 Å². The summed E-state index contributed by atoms with van der Waals surface area (Å²) in [5.41, 5.74) is 5.04. The average molecular weight is 382 g/mol. The van der Waals surface area contributed by atoms with Gasteiger partial charge in [-0.15, -0.1) is 0 Å². The third kappa shape index (κ3) is 3.02. The molecule has 3 aromatic rings. The van der Waals surface area contributed by atoms with Gasteiger partial charge in [-0.3, -0.25) is 9.59 Å². The Labute approximate surface area is 170 Å². The second-order valence-corrected chi connectivity index (χ2v) is 8.23. The zero-order valence-corrected chi connectivity index (χ0v) is 16.4. The maximum Gasteiger partial charge on any atom is 0.194 e. The van der Waals surface area contributed by atoms with Crippen molar-refractivity contribution in [1.82, 2.24) is 0 Å². The van der Waals surface area contributed by atoms with E-state index in [0.717, 1.165) is 29.5 Å². The summed E-state index contributed by atoms with van der Waals surface area (Å²) in [6, 6.07) is 21.1. The molecule has 0 saturated carbocycles. The average Bonchev–Trinajstić information content (AvgIpc) is 2.76. The van der Waals surface area contributed by atoms with Crippen LogP contribution in [-0.4, -0.2) is 17.2 Å². The molecule has 0 heterocycles. The molecule has 3 aromatic carbocycles. The van der Waals surface area contributed by atoms with E-state index in [-0.39, 0.29) is 17.2 Å². The van der Waals surface area contributed by atoms with E-state index in [1.165, 1.54) is 0 Å². The van der Waals surface area contributed by atoms with Gasteiger partial charge in [0.05, 0.1) is 12.2 Å². The molecule has 0 fully saturated rings. The first-order valence-corrected chi connectivity index (χ1v) is 10.1. The minimum absolute atomic E-state index is 0.0423. The molecule has 0 amide bonds. The van der Waals surface area contributed by atoms with Gasteiger partial charge in [-0.25, -0.2) is 0 Å². The third-order valence-electron chi connectivity index (χ3n) is 6.20. The van der Waals surface area contributed by atoms with E-state index in [4.69, 9.17) is 4.74 Å². The lowest BCUT2D eigenvalue weighted by Gasteiger charge is -2.37. The predicted octanol–water partition coefficient (Wildman–Crippen LogP) is 4.93. The second-order valence-electron chi connectivity index (χ2n) is 8.23. The van der Waals surface area contributed by atoms with Crippen molar-refractivity contribution in [2.24, 2.45) is 0 Å². The number of benzene rings is 3. The molecule has 0 saturated heterocycles. The standard InChI is InChI=1S/C26H22O3/c1-26(29-16-17-7-3-2-4-8-17)14-13-18-11-12-21-23(22(18)15-26)25(28)20-10-6-5-9-19(20)24(21)27/h2-12H,13-16H2,1H3/t26-/m1/s1. The van der Waals surface area contributed by atoms with E-state index >= 15 is 0 Å². The molecule has 144 valence electrons. The summed E-state index contributed by atoms with van der Waals surface area (Å²) in [7, 11) is 0. The normalized spacial score (nSPS) is 20.0. The van der Waals surface area contributed by atoms with E-state index in [1.54, 1.807) is 12.1 Å². The van der Waals surface area contributed by atoms with Crippen molar-refractivity contribution in [3.8, 4) is 0 Å².